The van der Waals surface area contributed by atoms with Gasteiger partial charge in [0.1, 0.15) is 11.3 Å². The molecular weight excluding hydrogens is 887 g/mol. The van der Waals surface area contributed by atoms with Gasteiger partial charge in [-0.05, 0) is 114 Å². The molecule has 61 heavy (non-hydrogen) atoms. The van der Waals surface area contributed by atoms with Gasteiger partial charge in [0.25, 0.3) is 20.2 Å². The van der Waals surface area contributed by atoms with Crippen LogP contribution in [0, 0.1) is 35.0 Å². The van der Waals surface area contributed by atoms with Gasteiger partial charge in [-0.25, -0.2) is 10.5 Å². The van der Waals surface area contributed by atoms with E-state index in [-0.39, 0.29) is 84.5 Å². The highest BCUT2D eigenvalue weighted by molar-refractivity contribution is 7.95. The summed E-state index contributed by atoms with van der Waals surface area (Å²) in [7, 11) is -7.32. The van der Waals surface area contributed by atoms with Gasteiger partial charge in [-0.2, -0.15) is 47.5 Å². The van der Waals surface area contributed by atoms with Crippen molar-refractivity contribution in [3.63, 3.8) is 0 Å². The van der Waals surface area contributed by atoms with Crippen LogP contribution in [-0.4, -0.2) is 130 Å². The van der Waals surface area contributed by atoms with Crippen LogP contribution >= 0.6 is 24.1 Å². The van der Waals surface area contributed by atoms with Crippen molar-refractivity contribution in [1.29, 1.82) is 5.41 Å². The molecule has 0 aliphatic heterocycles. The second kappa shape index (κ2) is 21.6. The largest absolute Gasteiger partial charge is 0.484 e. The Morgan fingerprint density at radius 1 is 0.639 bits per heavy atom. The highest BCUT2D eigenvalue weighted by Crippen LogP contribution is 2.48. The number of hydrogen-bond acceptors (Lipinski definition) is 23. The Hall–Kier alpha value is -1.57. The number of rotatable bonds is 15. The van der Waals surface area contributed by atoms with Gasteiger partial charge in [-0.15, -0.1) is 8.67 Å². The highest BCUT2D eigenvalue weighted by atomic mass is 32.2. The maximum absolute atomic E-state index is 12.4. The number of aliphatic hydroxyl groups is 1. The predicted octanol–water partition coefficient (Wildman–Crippen LogP) is 4.21. The van der Waals surface area contributed by atoms with Crippen molar-refractivity contribution < 1.29 is 65.0 Å². The van der Waals surface area contributed by atoms with Crippen LogP contribution in [0.2, 0.25) is 0 Å². The number of nitrogens with zero attached hydrogens (tertiary/aromatic N) is 6. The van der Waals surface area contributed by atoms with E-state index in [0.717, 1.165) is 24.1 Å². The van der Waals surface area contributed by atoms with E-state index in [1.54, 1.807) is 0 Å². The van der Waals surface area contributed by atoms with E-state index in [1.165, 1.54) is 7.11 Å². The molecule has 10 N–H and O–H groups in total. The molecule has 0 spiro atoms. The molecule has 0 bridgehead atoms. The number of nitrogens with one attached hydrogen (secondary N) is 1. The standard InChI is InChI=1S/C34H59N9O14S4/c1-53-34(37)21-6-4-18(12-29(21)58-56-54-45)39-40-26-8-9-27(23-13-19(60(47,48)49)5-7-20(23)26)41-43-32-30(59-57-55-46)10-16-2-3-17(11-22(16)33(32)44)38-42-28-15-31(61(50,51)52)25(36)14-24(28)35/h16-33,37,44-46H,2-15,35-36H2,1H3,(H,47,48,49)(H,50,51,52). The molecule has 0 heterocycles. The van der Waals surface area contributed by atoms with Crippen LogP contribution in [0.5, 0.6) is 0 Å². The minimum absolute atomic E-state index is 0.0391. The van der Waals surface area contributed by atoms with Gasteiger partial charge < -0.3 is 21.3 Å². The quantitative estimate of drug-likeness (QED) is 0.0217. The van der Waals surface area contributed by atoms with Gasteiger partial charge in [0.05, 0.1) is 53.9 Å². The van der Waals surface area contributed by atoms with E-state index in [0.29, 0.717) is 64.2 Å². The fraction of sp³-hybridized carbons (Fsp3) is 0.971. The summed E-state index contributed by atoms with van der Waals surface area (Å²) in [5.74, 6) is -0.846. The molecule has 6 rings (SSSR count). The van der Waals surface area contributed by atoms with Crippen LogP contribution in [0.4, 0.5) is 0 Å². The first-order valence-corrected chi connectivity index (χ1v) is 25.3. The molecule has 6 saturated carbocycles. The molecule has 6 aliphatic rings. The molecule has 18 unspecified atom stereocenters. The third kappa shape index (κ3) is 12.2. The average Bonchev–Trinajstić information content (AvgIpc) is 3.22. The van der Waals surface area contributed by atoms with Crippen molar-refractivity contribution in [1.82, 2.24) is 0 Å². The van der Waals surface area contributed by atoms with Crippen LogP contribution in [-0.2, 0) is 43.7 Å². The fourth-order valence-corrected chi connectivity index (χ4v) is 14.3. The Morgan fingerprint density at radius 2 is 1.26 bits per heavy atom. The SMILES string of the molecule is COC(=N)C1CCC(N=NC2CCC(N=NC3C(SOOO)CC4CCC(N=NC5CC(S(=O)(=O)O)C(N)CC5N)CC4C3O)C3CC(S(=O)(=O)O)CCC23)CC1SOOO. The van der Waals surface area contributed by atoms with Gasteiger partial charge in [-0.1, -0.05) is 10.1 Å². The molecule has 6 aliphatic carbocycles. The second-order valence-electron chi connectivity index (χ2n) is 17.4. The van der Waals surface area contributed by atoms with Crippen molar-refractivity contribution in [2.24, 2.45) is 71.7 Å². The lowest BCUT2D eigenvalue weighted by Crippen LogP contribution is -2.54. The third-order valence-electron chi connectivity index (χ3n) is 14.0. The van der Waals surface area contributed by atoms with Crippen molar-refractivity contribution in [3.8, 4) is 0 Å². The van der Waals surface area contributed by atoms with E-state index in [2.05, 4.69) is 20.3 Å². The number of aliphatic hydroxyl groups excluding tert-OH is 1. The zero-order valence-electron chi connectivity index (χ0n) is 33.7. The first-order chi connectivity index (χ1) is 29.0. The first kappa shape index (κ1) is 48.9. The van der Waals surface area contributed by atoms with Crippen LogP contribution in [0.3, 0.4) is 0 Å². The van der Waals surface area contributed by atoms with E-state index < -0.39 is 72.3 Å². The Morgan fingerprint density at radius 3 is 1.92 bits per heavy atom. The molecule has 0 radical (unpaired) electrons. The van der Waals surface area contributed by atoms with Crippen LogP contribution in [0.15, 0.2) is 30.7 Å². The molecule has 6 fully saturated rings. The normalized spacial score (nSPS) is 42.7. The van der Waals surface area contributed by atoms with E-state index in [4.69, 9.17) is 61.3 Å². The fourth-order valence-electron chi connectivity index (χ4n) is 10.8. The summed E-state index contributed by atoms with van der Waals surface area (Å²) < 4.78 is 83.2. The molecule has 18 atom stereocenters. The highest BCUT2D eigenvalue weighted by Gasteiger charge is 2.50. The predicted molar refractivity (Wildman–Crippen MR) is 219 cm³/mol. The number of ether oxygens (including phenoxy) is 1. The Kier molecular flexibility index (Phi) is 17.3. The lowest BCUT2D eigenvalue weighted by molar-refractivity contribution is -0.432. The van der Waals surface area contributed by atoms with Gasteiger partial charge >= 0.3 is 0 Å². The monoisotopic (exact) mass is 945 g/mol. The van der Waals surface area contributed by atoms with Gasteiger partial charge in [0.15, 0.2) is 5.90 Å². The average molecular weight is 946 g/mol. The van der Waals surface area contributed by atoms with Crippen molar-refractivity contribution in [2.75, 3.05) is 7.11 Å². The number of fused-ring (bicyclic) bond motifs is 2. The third-order valence-corrected chi connectivity index (χ3v) is 18.3. The topological polar surface area (TPSA) is 366 Å². The summed E-state index contributed by atoms with van der Waals surface area (Å²) in [6.45, 7) is 0. The molecular formula is C34H59N9O14S4. The summed E-state index contributed by atoms with van der Waals surface area (Å²) in [4.78, 5) is 0. The summed E-state index contributed by atoms with van der Waals surface area (Å²) in [5, 5.41) is 70.7. The molecule has 27 heteroatoms. The summed E-state index contributed by atoms with van der Waals surface area (Å²) in [6, 6.07) is -4.02. The Bertz CT molecular complexity index is 1790. The van der Waals surface area contributed by atoms with Gasteiger partial charge in [0, 0.05) is 47.3 Å². The van der Waals surface area contributed by atoms with E-state index in [9.17, 15) is 31.0 Å². The van der Waals surface area contributed by atoms with Crippen LogP contribution < -0.4 is 11.5 Å². The second-order valence-corrected chi connectivity index (χ2v) is 22.6. The molecule has 0 aromatic carbocycles. The number of azo groups is 3. The van der Waals surface area contributed by atoms with Crippen LogP contribution in [0.25, 0.3) is 0 Å². The van der Waals surface area contributed by atoms with Crippen molar-refractivity contribution in [3.05, 3.63) is 0 Å². The van der Waals surface area contributed by atoms with Crippen LogP contribution in [0.1, 0.15) is 89.9 Å². The molecule has 0 saturated heterocycles. The van der Waals surface area contributed by atoms with Crippen molar-refractivity contribution >= 4 is 50.2 Å². The number of hydrogen-bond donors (Lipinski definition) is 8. The smallest absolute Gasteiger partial charge is 0.269 e. The Balaban J connectivity index is 1.15. The van der Waals surface area contributed by atoms with E-state index in [1.807, 2.05) is 0 Å². The molecule has 0 aromatic heterocycles. The zero-order chi connectivity index (χ0) is 44.1. The number of methoxy groups -OCH3 is 1. The minimum Gasteiger partial charge on any atom is -0.484 e. The summed E-state index contributed by atoms with van der Waals surface area (Å²) in [5.41, 5.74) is 12.2. The minimum atomic E-state index is -4.40. The molecule has 0 aromatic rings. The van der Waals surface area contributed by atoms with Gasteiger partial charge in [-0.3, -0.25) is 14.5 Å². The molecule has 0 amide bonds. The summed E-state index contributed by atoms with van der Waals surface area (Å²) in [6.07, 6.45) is 5.04. The lowest BCUT2D eigenvalue weighted by atomic mass is 9.66. The maximum atomic E-state index is 12.4. The first-order valence-electron chi connectivity index (χ1n) is 20.7. The maximum Gasteiger partial charge on any atom is 0.269 e. The zero-order valence-corrected chi connectivity index (χ0v) is 36.9. The van der Waals surface area contributed by atoms with E-state index >= 15 is 0 Å². The van der Waals surface area contributed by atoms with Gasteiger partial charge in [0.2, 0.25) is 0 Å². The van der Waals surface area contributed by atoms with Crippen molar-refractivity contribution in [2.45, 2.75) is 165 Å². The Labute approximate surface area is 363 Å². The molecule has 348 valence electrons. The summed E-state index contributed by atoms with van der Waals surface area (Å²) >= 11 is 1.72. The number of nitrogens with two attached hydrogens (primary N) is 2. The molecule has 23 nitrogen and oxygen atoms in total. The lowest BCUT2D eigenvalue weighted by Gasteiger charge is -2.46.